The van der Waals surface area contributed by atoms with E-state index in [1.807, 2.05) is 0 Å². The van der Waals surface area contributed by atoms with Gasteiger partial charge in [0.2, 0.25) is 0 Å². The zero-order valence-corrected chi connectivity index (χ0v) is 10.1. The molecule has 0 heterocycles. The number of halogens is 3. The average Bonchev–Trinajstić information content (AvgIpc) is 2.20. The molecule has 0 amide bonds. The van der Waals surface area contributed by atoms with E-state index in [0.29, 0.717) is 34.5 Å². The van der Waals surface area contributed by atoms with E-state index in [4.69, 9.17) is 39.5 Å². The zero-order chi connectivity index (χ0) is 11.3. The summed E-state index contributed by atoms with van der Waals surface area (Å²) in [6.07, 6.45) is 0.894. The average molecular weight is 268 g/mol. The molecule has 0 aliphatic rings. The van der Waals surface area contributed by atoms with Crippen molar-refractivity contribution in [2.75, 3.05) is 5.88 Å². The van der Waals surface area contributed by atoms with Gasteiger partial charge in [-0.15, -0.1) is 11.6 Å². The first-order valence-electron chi connectivity index (χ1n) is 4.35. The first-order chi connectivity index (χ1) is 7.13. The minimum Gasteiger partial charge on any atom is -0.426 e. The number of hydrogen-bond acceptors (Lipinski definition) is 2. The van der Waals surface area contributed by atoms with Crippen molar-refractivity contribution in [3.63, 3.8) is 0 Å². The van der Waals surface area contributed by atoms with E-state index in [9.17, 15) is 4.79 Å². The first-order valence-corrected chi connectivity index (χ1v) is 5.64. The molecule has 0 aliphatic heterocycles. The number of hydrogen-bond donors (Lipinski definition) is 0. The predicted octanol–water partition coefficient (Wildman–Crippen LogP) is 3.92. The Labute approximate surface area is 103 Å². The van der Waals surface area contributed by atoms with E-state index in [0.717, 1.165) is 0 Å². The molecule has 0 unspecified atom stereocenters. The smallest absolute Gasteiger partial charge is 0.311 e. The van der Waals surface area contributed by atoms with Crippen molar-refractivity contribution in [2.45, 2.75) is 12.8 Å². The molecule has 0 N–H and O–H groups in total. The van der Waals surface area contributed by atoms with Crippen molar-refractivity contribution >= 4 is 40.8 Å². The van der Waals surface area contributed by atoms with Gasteiger partial charge in [0.05, 0.1) is 10.0 Å². The highest BCUT2D eigenvalue weighted by Gasteiger charge is 2.06. The largest absolute Gasteiger partial charge is 0.426 e. The molecule has 0 radical (unpaired) electrons. The minimum atomic E-state index is -0.325. The van der Waals surface area contributed by atoms with Crippen LogP contribution in [0.5, 0.6) is 5.75 Å². The summed E-state index contributed by atoms with van der Waals surface area (Å²) in [7, 11) is 0. The number of benzene rings is 1. The monoisotopic (exact) mass is 266 g/mol. The molecule has 5 heteroatoms. The Kier molecular flexibility index (Phi) is 5.23. The van der Waals surface area contributed by atoms with Crippen molar-refractivity contribution in [3.8, 4) is 5.75 Å². The fraction of sp³-hybridized carbons (Fsp3) is 0.300. The molecule has 0 atom stereocenters. The van der Waals surface area contributed by atoms with Crippen LogP contribution in [-0.2, 0) is 4.79 Å². The van der Waals surface area contributed by atoms with Gasteiger partial charge in [0.15, 0.2) is 0 Å². The highest BCUT2D eigenvalue weighted by atomic mass is 35.5. The van der Waals surface area contributed by atoms with Crippen LogP contribution < -0.4 is 4.74 Å². The highest BCUT2D eigenvalue weighted by Crippen LogP contribution is 2.26. The third kappa shape index (κ3) is 4.29. The third-order valence-electron chi connectivity index (χ3n) is 1.64. The van der Waals surface area contributed by atoms with Gasteiger partial charge in [0.1, 0.15) is 5.75 Å². The SMILES string of the molecule is O=C(CCCCl)Oc1ccc(Cl)c(Cl)c1. The Hall–Kier alpha value is -0.440. The van der Waals surface area contributed by atoms with Crippen LogP contribution in [0.2, 0.25) is 10.0 Å². The van der Waals surface area contributed by atoms with Crippen molar-refractivity contribution in [3.05, 3.63) is 28.2 Å². The Morgan fingerprint density at radius 3 is 2.60 bits per heavy atom. The lowest BCUT2D eigenvalue weighted by Crippen LogP contribution is -2.07. The van der Waals surface area contributed by atoms with Crippen molar-refractivity contribution in [2.24, 2.45) is 0 Å². The number of ether oxygens (including phenoxy) is 1. The molecule has 0 spiro atoms. The number of esters is 1. The molecular formula is C10H9Cl3O2. The Morgan fingerprint density at radius 2 is 2.00 bits per heavy atom. The summed E-state index contributed by atoms with van der Waals surface area (Å²) in [5, 5.41) is 0.788. The molecule has 0 saturated carbocycles. The van der Waals surface area contributed by atoms with Gasteiger partial charge in [0, 0.05) is 18.4 Å². The van der Waals surface area contributed by atoms with Crippen LogP contribution in [0.3, 0.4) is 0 Å². The lowest BCUT2D eigenvalue weighted by molar-refractivity contribution is -0.134. The summed E-state index contributed by atoms with van der Waals surface area (Å²) >= 11 is 16.9. The maximum Gasteiger partial charge on any atom is 0.311 e. The lowest BCUT2D eigenvalue weighted by Gasteiger charge is -2.04. The summed E-state index contributed by atoms with van der Waals surface area (Å²) in [5.41, 5.74) is 0. The van der Waals surface area contributed by atoms with Crippen LogP contribution in [0.15, 0.2) is 18.2 Å². The van der Waals surface area contributed by atoms with Crippen molar-refractivity contribution in [1.82, 2.24) is 0 Å². The molecule has 0 saturated heterocycles. The van der Waals surface area contributed by atoms with E-state index in [-0.39, 0.29) is 5.97 Å². The number of carbonyl (C=O) groups excluding carboxylic acids is 1. The van der Waals surface area contributed by atoms with Crippen LogP contribution >= 0.6 is 34.8 Å². The summed E-state index contributed by atoms with van der Waals surface area (Å²) in [5.74, 6) is 0.509. The van der Waals surface area contributed by atoms with Gasteiger partial charge < -0.3 is 4.74 Å². The molecule has 82 valence electrons. The second-order valence-corrected chi connectivity index (χ2v) is 4.03. The molecule has 1 aromatic rings. The van der Waals surface area contributed by atoms with E-state index in [2.05, 4.69) is 0 Å². The first kappa shape index (κ1) is 12.6. The second kappa shape index (κ2) is 6.21. The van der Waals surface area contributed by atoms with E-state index in [1.165, 1.54) is 6.07 Å². The highest BCUT2D eigenvalue weighted by molar-refractivity contribution is 6.42. The molecule has 0 fully saturated rings. The lowest BCUT2D eigenvalue weighted by atomic mass is 10.3. The molecule has 0 bridgehead atoms. The van der Waals surface area contributed by atoms with Crippen molar-refractivity contribution < 1.29 is 9.53 Å². The van der Waals surface area contributed by atoms with Crippen molar-refractivity contribution in [1.29, 1.82) is 0 Å². The molecule has 1 aromatic carbocycles. The summed E-state index contributed by atoms with van der Waals surface area (Å²) in [6, 6.07) is 4.67. The molecule has 0 aromatic heterocycles. The van der Waals surface area contributed by atoms with Gasteiger partial charge in [-0.25, -0.2) is 0 Å². The van der Waals surface area contributed by atoms with Gasteiger partial charge in [-0.2, -0.15) is 0 Å². The van der Waals surface area contributed by atoms with Gasteiger partial charge in [-0.05, 0) is 18.6 Å². The predicted molar refractivity (Wildman–Crippen MR) is 62.1 cm³/mol. The van der Waals surface area contributed by atoms with Gasteiger partial charge in [0.25, 0.3) is 0 Å². The fourth-order valence-electron chi connectivity index (χ4n) is 0.934. The Balaban J connectivity index is 2.57. The molecule has 15 heavy (non-hydrogen) atoms. The van der Waals surface area contributed by atoms with Gasteiger partial charge in [-0.3, -0.25) is 4.79 Å². The molecule has 1 rings (SSSR count). The standard InChI is InChI=1S/C10H9Cl3O2/c11-5-1-2-10(14)15-7-3-4-8(12)9(13)6-7/h3-4,6H,1-2,5H2. The maximum absolute atomic E-state index is 11.2. The van der Waals surface area contributed by atoms with Gasteiger partial charge >= 0.3 is 5.97 Å². The van der Waals surface area contributed by atoms with E-state index in [1.54, 1.807) is 12.1 Å². The van der Waals surface area contributed by atoms with Crippen LogP contribution in [0.25, 0.3) is 0 Å². The third-order valence-corrected chi connectivity index (χ3v) is 2.64. The van der Waals surface area contributed by atoms with E-state index < -0.39 is 0 Å². The summed E-state index contributed by atoms with van der Waals surface area (Å²) in [4.78, 5) is 11.2. The van der Waals surface area contributed by atoms with Crippen LogP contribution in [0.1, 0.15) is 12.8 Å². The fourth-order valence-corrected chi connectivity index (χ4v) is 1.36. The zero-order valence-electron chi connectivity index (χ0n) is 7.80. The normalized spacial score (nSPS) is 10.1. The summed E-state index contributed by atoms with van der Waals surface area (Å²) in [6.45, 7) is 0. The van der Waals surface area contributed by atoms with Crippen LogP contribution in [0.4, 0.5) is 0 Å². The molecule has 2 nitrogen and oxygen atoms in total. The van der Waals surface area contributed by atoms with E-state index >= 15 is 0 Å². The molecule has 0 aliphatic carbocycles. The number of alkyl halides is 1. The maximum atomic E-state index is 11.2. The minimum absolute atomic E-state index is 0.295. The second-order valence-electron chi connectivity index (χ2n) is 2.84. The van der Waals surface area contributed by atoms with Crippen LogP contribution in [0, 0.1) is 0 Å². The molecular weight excluding hydrogens is 258 g/mol. The number of carbonyl (C=O) groups is 1. The quantitative estimate of drug-likeness (QED) is 0.469. The number of rotatable bonds is 4. The summed E-state index contributed by atoms with van der Waals surface area (Å²) < 4.78 is 5.01. The Morgan fingerprint density at radius 1 is 1.27 bits per heavy atom. The Bertz CT molecular complexity index is 353. The topological polar surface area (TPSA) is 26.3 Å². The van der Waals surface area contributed by atoms with Crippen LogP contribution in [-0.4, -0.2) is 11.8 Å². The van der Waals surface area contributed by atoms with Gasteiger partial charge in [-0.1, -0.05) is 23.2 Å².